The summed E-state index contributed by atoms with van der Waals surface area (Å²) in [4.78, 5) is 74.6. The third-order valence-electron chi connectivity index (χ3n) is 10.5. The largest absolute Gasteiger partial charge is 0.387 e. The Hall–Kier alpha value is -6.37. The Bertz CT molecular complexity index is 2410. The summed E-state index contributed by atoms with van der Waals surface area (Å²) in [5, 5.41) is 14.9. The topological polar surface area (TPSA) is 177 Å². The van der Waals surface area contributed by atoms with Gasteiger partial charge < -0.3 is 30.5 Å². The van der Waals surface area contributed by atoms with Gasteiger partial charge in [0.1, 0.15) is 35.9 Å². The first-order chi connectivity index (χ1) is 27.7. The van der Waals surface area contributed by atoms with Gasteiger partial charge in [-0.05, 0) is 54.2 Å². The molecular formula is C42H41N9O5S. The number of carbonyl (C=O) groups is 4. The van der Waals surface area contributed by atoms with Gasteiger partial charge in [-0.3, -0.25) is 28.6 Å². The zero-order chi connectivity index (χ0) is 39.5. The van der Waals surface area contributed by atoms with Gasteiger partial charge in [0.15, 0.2) is 4.96 Å². The minimum absolute atomic E-state index is 0.126. The normalized spacial score (nSPS) is 18.8. The number of likely N-dealkylation sites (tertiary alicyclic amines) is 2. The Kier molecular flexibility index (Phi) is 10.8. The number of aliphatic hydroxyl groups excluding tert-OH is 1. The van der Waals surface area contributed by atoms with Crippen LogP contribution >= 0.6 is 11.3 Å². The number of rotatable bonds is 10. The average molecular weight is 784 g/mol. The first kappa shape index (κ1) is 37.5. The van der Waals surface area contributed by atoms with Crippen molar-refractivity contribution in [2.24, 2.45) is 4.99 Å². The molecule has 3 aliphatic heterocycles. The molecular weight excluding hydrogens is 743 g/mol. The van der Waals surface area contributed by atoms with Crippen molar-refractivity contribution >= 4 is 51.2 Å². The molecule has 0 radical (unpaired) electrons. The van der Waals surface area contributed by atoms with E-state index in [0.29, 0.717) is 48.7 Å². The first-order valence-electron chi connectivity index (χ1n) is 19.0. The molecule has 0 saturated carbocycles. The maximum atomic E-state index is 13.8. The van der Waals surface area contributed by atoms with Gasteiger partial charge in [0.25, 0.3) is 0 Å². The first-order valence-corrected chi connectivity index (χ1v) is 19.8. The van der Waals surface area contributed by atoms with Crippen molar-refractivity contribution in [3.05, 3.63) is 119 Å². The second-order valence-electron chi connectivity index (χ2n) is 14.3. The van der Waals surface area contributed by atoms with Gasteiger partial charge in [0.2, 0.25) is 23.6 Å². The smallest absolute Gasteiger partial charge is 0.250 e. The van der Waals surface area contributed by atoms with Crippen LogP contribution in [0.5, 0.6) is 0 Å². The number of amides is 4. The van der Waals surface area contributed by atoms with Crippen LogP contribution in [0.3, 0.4) is 0 Å². The number of allylic oxidation sites excluding steroid dienone is 1. The molecule has 290 valence electrons. The van der Waals surface area contributed by atoms with Gasteiger partial charge in [-0.1, -0.05) is 72.0 Å². The summed E-state index contributed by atoms with van der Waals surface area (Å²) in [6.07, 6.45) is 11.2. The number of nitrogens with zero attached hydrogens (tertiary/aromatic N) is 6. The minimum atomic E-state index is -0.931. The van der Waals surface area contributed by atoms with E-state index in [1.165, 1.54) is 6.92 Å². The fourth-order valence-corrected chi connectivity index (χ4v) is 8.78. The van der Waals surface area contributed by atoms with Crippen molar-refractivity contribution in [1.82, 2.24) is 39.8 Å². The summed E-state index contributed by atoms with van der Waals surface area (Å²) in [5.41, 5.74) is 4.56. The van der Waals surface area contributed by atoms with Crippen molar-refractivity contribution in [1.29, 1.82) is 0 Å². The Balaban J connectivity index is 0.910. The number of carbonyl (C=O) groups excluding carboxylic acids is 4. The van der Waals surface area contributed by atoms with Crippen LogP contribution in [-0.4, -0.2) is 89.3 Å². The summed E-state index contributed by atoms with van der Waals surface area (Å²) in [5.74, 6) is 5.57. The monoisotopic (exact) mass is 783 g/mol. The Labute approximate surface area is 332 Å². The zero-order valence-corrected chi connectivity index (χ0v) is 32.0. The number of aromatic amines is 1. The molecule has 5 aromatic rings. The number of aromatic nitrogens is 4. The molecule has 6 heterocycles. The van der Waals surface area contributed by atoms with Crippen molar-refractivity contribution in [2.75, 3.05) is 19.7 Å². The molecule has 2 saturated heterocycles. The van der Waals surface area contributed by atoms with Crippen LogP contribution in [0.2, 0.25) is 0 Å². The number of imidazole rings is 2. The highest BCUT2D eigenvalue weighted by molar-refractivity contribution is 7.18. The van der Waals surface area contributed by atoms with Gasteiger partial charge in [-0.15, -0.1) is 0 Å². The maximum Gasteiger partial charge on any atom is 0.250 e. The minimum Gasteiger partial charge on any atom is -0.387 e. The highest BCUT2D eigenvalue weighted by Gasteiger charge is 2.39. The van der Waals surface area contributed by atoms with E-state index in [9.17, 15) is 24.3 Å². The summed E-state index contributed by atoms with van der Waals surface area (Å²) in [7, 11) is 0. The van der Waals surface area contributed by atoms with Crippen LogP contribution in [-0.2, 0) is 19.2 Å². The number of aliphatic hydroxyl groups is 1. The van der Waals surface area contributed by atoms with E-state index >= 15 is 0 Å². The van der Waals surface area contributed by atoms with Gasteiger partial charge in [-0.25, -0.2) is 9.97 Å². The molecule has 3 aromatic heterocycles. The number of hydrogen-bond acceptors (Lipinski definition) is 9. The third kappa shape index (κ3) is 8.00. The van der Waals surface area contributed by atoms with E-state index in [0.717, 1.165) is 45.9 Å². The standard InChI is InChI=1S/C42H41N9O5S/c1-26(53)45-37(27-10-4-2-5-11-27)40(55)50-18-8-14-33(50)32-20-29(21-43-32)35-24-49-23-31(47-42(49)57-35)17-16-30-22-44-39(46-30)34-15-9-19-51(34)41(56)38(48-36(54)25-52)28-12-6-3-7-13-28/h2-7,10-13,21-24,33-34,37-38,52H,8-9,14-15,18-20,25H2,1H3,(H,44,46)(H,45,53)(H,48,54)/t33?,34-,37+,38+/m0/s1. The van der Waals surface area contributed by atoms with Crippen molar-refractivity contribution in [3.8, 4) is 11.8 Å². The van der Waals surface area contributed by atoms with Crippen LogP contribution in [0.1, 0.15) is 90.4 Å². The van der Waals surface area contributed by atoms with Crippen LogP contribution < -0.4 is 10.6 Å². The molecule has 8 rings (SSSR count). The van der Waals surface area contributed by atoms with Gasteiger partial charge in [0.05, 0.1) is 23.2 Å². The Morgan fingerprint density at radius 3 is 2.19 bits per heavy atom. The summed E-state index contributed by atoms with van der Waals surface area (Å²) in [6.45, 7) is 1.83. The van der Waals surface area contributed by atoms with E-state index < -0.39 is 24.6 Å². The number of aliphatic imine (C=N–C) groups is 1. The van der Waals surface area contributed by atoms with Gasteiger partial charge in [-0.2, -0.15) is 0 Å². The zero-order valence-electron chi connectivity index (χ0n) is 31.2. The lowest BCUT2D eigenvalue weighted by Gasteiger charge is -2.29. The molecule has 57 heavy (non-hydrogen) atoms. The molecule has 4 atom stereocenters. The molecule has 4 N–H and O–H groups in total. The second kappa shape index (κ2) is 16.4. The van der Waals surface area contributed by atoms with E-state index in [-0.39, 0.29) is 29.8 Å². The molecule has 3 aliphatic rings. The van der Waals surface area contributed by atoms with Crippen LogP contribution in [0.15, 0.2) is 90.4 Å². The molecule has 14 nitrogen and oxygen atoms in total. The van der Waals surface area contributed by atoms with Gasteiger partial charge >= 0.3 is 0 Å². The fraction of sp³-hybridized carbons (Fsp3) is 0.310. The molecule has 2 fully saturated rings. The van der Waals surface area contributed by atoms with Crippen molar-refractivity contribution in [3.63, 3.8) is 0 Å². The highest BCUT2D eigenvalue weighted by atomic mass is 32.1. The Morgan fingerprint density at radius 2 is 1.54 bits per heavy atom. The lowest BCUT2D eigenvalue weighted by molar-refractivity contribution is -0.138. The van der Waals surface area contributed by atoms with Gasteiger partial charge in [0, 0.05) is 50.7 Å². The lowest BCUT2D eigenvalue weighted by Crippen LogP contribution is -2.46. The van der Waals surface area contributed by atoms with Crippen molar-refractivity contribution < 1.29 is 24.3 Å². The number of benzene rings is 2. The summed E-state index contributed by atoms with van der Waals surface area (Å²) < 4.78 is 1.95. The van der Waals surface area contributed by atoms with E-state index in [1.807, 2.05) is 64.3 Å². The Morgan fingerprint density at radius 1 is 0.895 bits per heavy atom. The summed E-state index contributed by atoms with van der Waals surface area (Å²) >= 11 is 1.54. The number of nitrogens with one attached hydrogen (secondary N) is 3. The van der Waals surface area contributed by atoms with E-state index in [4.69, 9.17) is 9.98 Å². The second-order valence-corrected chi connectivity index (χ2v) is 15.3. The maximum absolute atomic E-state index is 13.8. The molecule has 0 spiro atoms. The van der Waals surface area contributed by atoms with Crippen molar-refractivity contribution in [2.45, 2.75) is 63.2 Å². The predicted octanol–water partition coefficient (Wildman–Crippen LogP) is 4.09. The molecule has 2 aromatic carbocycles. The lowest BCUT2D eigenvalue weighted by atomic mass is 10.0. The third-order valence-corrected chi connectivity index (χ3v) is 11.6. The molecule has 0 aliphatic carbocycles. The summed E-state index contributed by atoms with van der Waals surface area (Å²) in [6, 6.07) is 16.2. The number of thiazole rings is 1. The highest BCUT2D eigenvalue weighted by Crippen LogP contribution is 2.35. The number of fused-ring (bicyclic) bond motifs is 1. The van der Waals surface area contributed by atoms with E-state index in [2.05, 4.69) is 32.4 Å². The molecule has 15 heteroatoms. The van der Waals surface area contributed by atoms with E-state index in [1.54, 1.807) is 46.7 Å². The quantitative estimate of drug-likeness (QED) is 0.154. The molecule has 1 unspecified atom stereocenters. The predicted molar refractivity (Wildman–Crippen MR) is 213 cm³/mol. The number of hydrogen-bond donors (Lipinski definition) is 4. The van der Waals surface area contributed by atoms with Crippen LogP contribution in [0.25, 0.3) is 10.5 Å². The van der Waals surface area contributed by atoms with Crippen LogP contribution in [0, 0.1) is 11.8 Å². The SMILES string of the molecule is CC(=O)N[C@@H](C(=O)N1CCCC1C1=NC=C(c2cn3cc(C#Cc4cnc([C@@H]5CCCN5C(=O)[C@H](NC(=O)CO)c5ccccc5)[nH]4)nc3s2)C1)c1ccccc1. The van der Waals surface area contributed by atoms with Crippen LogP contribution in [0.4, 0.5) is 0 Å². The molecule has 0 bridgehead atoms. The fourth-order valence-electron chi connectivity index (χ4n) is 7.81. The molecule has 4 amide bonds. The average Bonchev–Trinajstić information content (AvgIpc) is 4.08. The number of H-pyrrole nitrogens is 1.